The minimum Gasteiger partial charge on any atom is -0.506 e. The van der Waals surface area contributed by atoms with Crippen molar-refractivity contribution in [1.82, 2.24) is 9.97 Å². The number of Topliss-reactive ketones (excluding diaryl/α,β-unsaturated/α-hetero) is 1. The molecule has 0 atom stereocenters. The lowest BCUT2D eigenvalue weighted by Crippen LogP contribution is -2.02. The number of halogens is 2. The van der Waals surface area contributed by atoms with Gasteiger partial charge in [-0.05, 0) is 79.2 Å². The van der Waals surface area contributed by atoms with Gasteiger partial charge in [0.2, 0.25) is 5.78 Å². The number of fused-ring (bicyclic) bond motifs is 1. The number of phenolic OH excluding ortho intramolecular Hbond substituents is 1. The fourth-order valence-corrected chi connectivity index (χ4v) is 4.60. The quantitative estimate of drug-likeness (QED) is 0.254. The van der Waals surface area contributed by atoms with Gasteiger partial charge >= 0.3 is 0 Å². The van der Waals surface area contributed by atoms with Gasteiger partial charge in [-0.25, -0.2) is 4.98 Å². The minimum atomic E-state index is -0.107. The first-order chi connectivity index (χ1) is 13.0. The number of phenols is 1. The maximum atomic E-state index is 13.1. The number of aromatic nitrogens is 2. The molecule has 0 aliphatic heterocycles. The Labute approximate surface area is 175 Å². The zero-order chi connectivity index (χ0) is 19.0. The summed E-state index contributed by atoms with van der Waals surface area (Å²) in [5, 5.41) is 11.8. The van der Waals surface area contributed by atoms with E-state index in [0.717, 1.165) is 16.6 Å². The molecule has 2 heterocycles. The van der Waals surface area contributed by atoms with E-state index in [1.54, 1.807) is 24.3 Å². The summed E-state index contributed by atoms with van der Waals surface area (Å²) in [5.74, 6) is 0.515. The third-order valence-electron chi connectivity index (χ3n) is 3.98. The summed E-state index contributed by atoms with van der Waals surface area (Å²) in [6.45, 7) is 0. The second-order valence-electron chi connectivity index (χ2n) is 5.80. The van der Waals surface area contributed by atoms with E-state index in [0.29, 0.717) is 25.2 Å². The number of imidazole rings is 1. The van der Waals surface area contributed by atoms with E-state index in [1.165, 1.54) is 11.3 Å². The molecule has 4 rings (SSSR count). The number of thiophene rings is 1. The lowest BCUT2D eigenvalue weighted by atomic mass is 10.1. The van der Waals surface area contributed by atoms with E-state index >= 15 is 0 Å². The van der Waals surface area contributed by atoms with Gasteiger partial charge in [-0.15, -0.1) is 11.3 Å². The Bertz CT molecular complexity index is 1120. The molecule has 134 valence electrons. The predicted molar refractivity (Wildman–Crippen MR) is 116 cm³/mol. The van der Waals surface area contributed by atoms with Crippen molar-refractivity contribution >= 4 is 71.7 Å². The van der Waals surface area contributed by atoms with Crippen LogP contribution >= 0.6 is 43.2 Å². The van der Waals surface area contributed by atoms with Crippen LogP contribution in [0.2, 0.25) is 0 Å². The van der Waals surface area contributed by atoms with Crippen LogP contribution in [0.3, 0.4) is 0 Å². The summed E-state index contributed by atoms with van der Waals surface area (Å²) in [6.07, 6.45) is 1.77. The van der Waals surface area contributed by atoms with Crippen LogP contribution in [0.1, 0.15) is 21.1 Å². The normalized spacial score (nSPS) is 11.9. The number of nitrogens with zero attached hydrogens (tertiary/aromatic N) is 1. The zero-order valence-corrected chi connectivity index (χ0v) is 17.7. The van der Waals surface area contributed by atoms with Crippen LogP contribution < -0.4 is 0 Å². The molecule has 27 heavy (non-hydrogen) atoms. The molecule has 4 aromatic rings. The number of ketones is 1. The van der Waals surface area contributed by atoms with Crippen molar-refractivity contribution in [3.05, 3.63) is 79.1 Å². The standard InChI is InChI=1S/C20H12Br2N2O2S/c21-13-9-11(10-14(22)19(13)26)8-12(18(25)17-6-3-7-27-17)20-23-15-4-1-2-5-16(15)24-20/h1-10,26H,(H,23,24)/b12-8-. The van der Waals surface area contributed by atoms with Crippen LogP contribution in [0.5, 0.6) is 5.75 Å². The van der Waals surface area contributed by atoms with Crippen LogP contribution in [0.25, 0.3) is 22.7 Å². The van der Waals surface area contributed by atoms with Crippen LogP contribution in [0.15, 0.2) is 62.9 Å². The molecule has 2 aromatic heterocycles. The Morgan fingerprint density at radius 2 is 1.85 bits per heavy atom. The molecule has 0 fully saturated rings. The zero-order valence-electron chi connectivity index (χ0n) is 13.7. The van der Waals surface area contributed by atoms with E-state index in [9.17, 15) is 9.90 Å². The highest BCUT2D eigenvalue weighted by molar-refractivity contribution is 9.11. The third kappa shape index (κ3) is 3.63. The summed E-state index contributed by atoms with van der Waals surface area (Å²) in [4.78, 5) is 21.6. The van der Waals surface area contributed by atoms with Gasteiger partial charge in [-0.2, -0.15) is 0 Å². The maximum Gasteiger partial charge on any atom is 0.206 e. The highest BCUT2D eigenvalue weighted by Gasteiger charge is 2.19. The van der Waals surface area contributed by atoms with Crippen molar-refractivity contribution in [1.29, 1.82) is 0 Å². The van der Waals surface area contributed by atoms with E-state index in [-0.39, 0.29) is 11.5 Å². The SMILES string of the molecule is O=C(/C(=C/c1cc(Br)c(O)c(Br)c1)c1nc2ccccc2[nH]1)c1cccs1. The fourth-order valence-electron chi connectivity index (χ4n) is 2.70. The molecule has 0 bridgehead atoms. The van der Waals surface area contributed by atoms with Crippen molar-refractivity contribution in [3.63, 3.8) is 0 Å². The van der Waals surface area contributed by atoms with Crippen LogP contribution in [0, 0.1) is 0 Å². The lowest BCUT2D eigenvalue weighted by Gasteiger charge is -2.06. The van der Waals surface area contributed by atoms with Crippen molar-refractivity contribution in [2.75, 3.05) is 0 Å². The summed E-state index contributed by atoms with van der Waals surface area (Å²) in [7, 11) is 0. The van der Waals surface area contributed by atoms with Gasteiger partial charge in [0.1, 0.15) is 11.6 Å². The second-order valence-corrected chi connectivity index (χ2v) is 8.46. The Balaban J connectivity index is 1.89. The lowest BCUT2D eigenvalue weighted by molar-refractivity contribution is 0.106. The number of rotatable bonds is 4. The maximum absolute atomic E-state index is 13.1. The Morgan fingerprint density at radius 3 is 2.52 bits per heavy atom. The Hall–Kier alpha value is -2.22. The van der Waals surface area contributed by atoms with E-state index in [2.05, 4.69) is 41.8 Å². The van der Waals surface area contributed by atoms with Gasteiger partial charge < -0.3 is 10.1 Å². The van der Waals surface area contributed by atoms with Gasteiger partial charge in [-0.1, -0.05) is 18.2 Å². The molecular weight excluding hydrogens is 492 g/mol. The van der Waals surface area contributed by atoms with Crippen LogP contribution in [0.4, 0.5) is 0 Å². The number of allylic oxidation sites excluding steroid dienone is 1. The first-order valence-electron chi connectivity index (χ1n) is 7.96. The largest absolute Gasteiger partial charge is 0.506 e. The molecule has 4 nitrogen and oxygen atoms in total. The van der Waals surface area contributed by atoms with E-state index in [1.807, 2.05) is 35.7 Å². The number of para-hydroxylation sites is 2. The van der Waals surface area contributed by atoms with E-state index in [4.69, 9.17) is 0 Å². The number of benzene rings is 2. The first kappa shape index (κ1) is 18.2. The number of nitrogens with one attached hydrogen (secondary N) is 1. The molecule has 0 radical (unpaired) electrons. The van der Waals surface area contributed by atoms with Crippen LogP contribution in [-0.4, -0.2) is 20.9 Å². The third-order valence-corrected chi connectivity index (χ3v) is 6.06. The molecule has 0 spiro atoms. The number of hydrogen-bond acceptors (Lipinski definition) is 4. The molecule has 0 saturated carbocycles. The number of H-pyrrole nitrogens is 1. The smallest absolute Gasteiger partial charge is 0.206 e. The first-order valence-corrected chi connectivity index (χ1v) is 10.4. The highest BCUT2D eigenvalue weighted by Crippen LogP contribution is 2.35. The number of carbonyl (C=O) groups excluding carboxylic acids is 1. The topological polar surface area (TPSA) is 66.0 Å². The van der Waals surface area contributed by atoms with Crippen molar-refractivity contribution in [3.8, 4) is 5.75 Å². The molecule has 7 heteroatoms. The second kappa shape index (κ2) is 7.42. The van der Waals surface area contributed by atoms with Gasteiger partial charge in [0.05, 0.1) is 30.4 Å². The summed E-state index contributed by atoms with van der Waals surface area (Å²) in [5.41, 5.74) is 2.88. The number of aromatic hydroxyl groups is 1. The highest BCUT2D eigenvalue weighted by atomic mass is 79.9. The summed E-state index contributed by atoms with van der Waals surface area (Å²) >= 11 is 8.05. The minimum absolute atomic E-state index is 0.107. The molecular formula is C20H12Br2N2O2S. The molecule has 0 saturated heterocycles. The molecule has 0 amide bonds. The van der Waals surface area contributed by atoms with Gasteiger partial charge in [0.25, 0.3) is 0 Å². The molecule has 2 N–H and O–H groups in total. The van der Waals surface area contributed by atoms with Gasteiger partial charge in [0.15, 0.2) is 0 Å². The van der Waals surface area contributed by atoms with Gasteiger partial charge in [0, 0.05) is 0 Å². The monoisotopic (exact) mass is 502 g/mol. The van der Waals surface area contributed by atoms with Crippen molar-refractivity contribution in [2.45, 2.75) is 0 Å². The van der Waals surface area contributed by atoms with Crippen LogP contribution in [-0.2, 0) is 0 Å². The molecule has 0 aliphatic rings. The predicted octanol–water partition coefficient (Wildman–Crippen LogP) is 6.28. The van der Waals surface area contributed by atoms with Crippen molar-refractivity contribution in [2.24, 2.45) is 0 Å². The molecule has 0 unspecified atom stereocenters. The fraction of sp³-hybridized carbons (Fsp3) is 0. The number of aromatic amines is 1. The number of hydrogen-bond donors (Lipinski definition) is 2. The van der Waals surface area contributed by atoms with Gasteiger partial charge in [-0.3, -0.25) is 4.79 Å². The molecule has 2 aromatic carbocycles. The Kier molecular flexibility index (Phi) is 4.99. The average Bonchev–Trinajstić information content (AvgIpc) is 3.32. The van der Waals surface area contributed by atoms with Crippen molar-refractivity contribution < 1.29 is 9.90 Å². The van der Waals surface area contributed by atoms with E-state index < -0.39 is 0 Å². The Morgan fingerprint density at radius 1 is 1.11 bits per heavy atom. The average molecular weight is 504 g/mol. The molecule has 0 aliphatic carbocycles. The summed E-state index contributed by atoms with van der Waals surface area (Å²) < 4.78 is 1.08. The number of carbonyl (C=O) groups is 1. The summed E-state index contributed by atoms with van der Waals surface area (Å²) in [6, 6.07) is 14.8.